The lowest BCUT2D eigenvalue weighted by molar-refractivity contribution is -0.118. The quantitative estimate of drug-likeness (QED) is 0.734. The van der Waals surface area contributed by atoms with Crippen LogP contribution < -0.4 is 4.90 Å². The van der Waals surface area contributed by atoms with E-state index in [0.717, 1.165) is 37.4 Å². The largest absolute Gasteiger partial charge is 0.309 e. The van der Waals surface area contributed by atoms with Crippen LogP contribution in [0.2, 0.25) is 0 Å². The van der Waals surface area contributed by atoms with Gasteiger partial charge in [0.05, 0.1) is 5.69 Å². The SMILES string of the molecule is CCN(CC)CCN1C(=O)C(c2ccccc2)Sc2ccccc21.Cl. The number of carbonyl (C=O) groups excluding carboxylic acids is 1. The van der Waals surface area contributed by atoms with Crippen molar-refractivity contribution in [1.82, 2.24) is 4.90 Å². The first-order valence-electron chi connectivity index (χ1n) is 8.59. The molecule has 134 valence electrons. The minimum atomic E-state index is -0.155. The molecule has 0 radical (unpaired) electrons. The number of likely N-dealkylation sites (N-methyl/N-ethyl adjacent to an activating group) is 1. The van der Waals surface area contributed by atoms with Crippen LogP contribution in [0.3, 0.4) is 0 Å². The maximum atomic E-state index is 13.2. The van der Waals surface area contributed by atoms with Crippen LogP contribution in [0.1, 0.15) is 24.7 Å². The molecule has 1 heterocycles. The molecule has 0 aliphatic carbocycles. The third-order valence-corrected chi connectivity index (χ3v) is 5.84. The normalized spacial score (nSPS) is 16.5. The van der Waals surface area contributed by atoms with E-state index in [0.29, 0.717) is 0 Å². The Kier molecular flexibility index (Phi) is 7.36. The van der Waals surface area contributed by atoms with Crippen LogP contribution in [-0.2, 0) is 4.79 Å². The van der Waals surface area contributed by atoms with Crippen molar-refractivity contribution in [2.45, 2.75) is 24.0 Å². The monoisotopic (exact) mass is 376 g/mol. The van der Waals surface area contributed by atoms with Crippen molar-refractivity contribution < 1.29 is 4.79 Å². The fraction of sp³-hybridized carbons (Fsp3) is 0.350. The van der Waals surface area contributed by atoms with Crippen molar-refractivity contribution in [3.63, 3.8) is 0 Å². The number of hydrogen-bond donors (Lipinski definition) is 0. The van der Waals surface area contributed by atoms with Crippen molar-refractivity contribution in [2.24, 2.45) is 0 Å². The number of para-hydroxylation sites is 1. The van der Waals surface area contributed by atoms with Gasteiger partial charge in [0.1, 0.15) is 5.25 Å². The van der Waals surface area contributed by atoms with Crippen molar-refractivity contribution in [3.05, 3.63) is 60.2 Å². The lowest BCUT2D eigenvalue weighted by Crippen LogP contribution is -2.42. The number of fused-ring (bicyclic) bond motifs is 1. The Hall–Kier alpha value is -1.49. The first-order valence-corrected chi connectivity index (χ1v) is 9.47. The van der Waals surface area contributed by atoms with E-state index in [1.807, 2.05) is 47.4 Å². The minimum Gasteiger partial charge on any atom is -0.309 e. The molecule has 3 rings (SSSR count). The summed E-state index contributed by atoms with van der Waals surface area (Å²) < 4.78 is 0. The fourth-order valence-electron chi connectivity index (χ4n) is 3.07. The van der Waals surface area contributed by atoms with Gasteiger partial charge in [-0.15, -0.1) is 24.2 Å². The number of benzene rings is 2. The highest BCUT2D eigenvalue weighted by molar-refractivity contribution is 8.00. The van der Waals surface area contributed by atoms with Gasteiger partial charge in [-0.1, -0.05) is 56.3 Å². The van der Waals surface area contributed by atoms with Gasteiger partial charge in [0, 0.05) is 18.0 Å². The molecule has 2 aromatic carbocycles. The second kappa shape index (κ2) is 9.27. The Morgan fingerprint density at radius 3 is 2.32 bits per heavy atom. The molecule has 1 aliphatic heterocycles. The van der Waals surface area contributed by atoms with Gasteiger partial charge in [0.2, 0.25) is 5.91 Å². The second-order valence-electron chi connectivity index (χ2n) is 5.89. The number of amides is 1. The van der Waals surface area contributed by atoms with Gasteiger partial charge < -0.3 is 9.80 Å². The average molecular weight is 377 g/mol. The number of halogens is 1. The molecule has 5 heteroatoms. The van der Waals surface area contributed by atoms with E-state index in [1.54, 1.807) is 11.8 Å². The van der Waals surface area contributed by atoms with E-state index in [1.165, 1.54) is 4.90 Å². The highest BCUT2D eigenvalue weighted by Crippen LogP contribution is 2.46. The molecule has 0 fully saturated rings. The topological polar surface area (TPSA) is 23.6 Å². The van der Waals surface area contributed by atoms with Crippen molar-refractivity contribution in [1.29, 1.82) is 0 Å². The number of rotatable bonds is 6. The van der Waals surface area contributed by atoms with Crippen molar-refractivity contribution >= 4 is 35.8 Å². The Morgan fingerprint density at radius 1 is 1.00 bits per heavy atom. The van der Waals surface area contributed by atoms with Crippen LogP contribution in [0.4, 0.5) is 5.69 Å². The van der Waals surface area contributed by atoms with E-state index in [9.17, 15) is 4.79 Å². The molecule has 0 bridgehead atoms. The number of thioether (sulfide) groups is 1. The van der Waals surface area contributed by atoms with Crippen LogP contribution in [0, 0.1) is 0 Å². The first kappa shape index (κ1) is 19.8. The minimum absolute atomic E-state index is 0. The van der Waals surface area contributed by atoms with E-state index >= 15 is 0 Å². The van der Waals surface area contributed by atoms with E-state index < -0.39 is 0 Å². The van der Waals surface area contributed by atoms with E-state index in [-0.39, 0.29) is 23.6 Å². The van der Waals surface area contributed by atoms with Crippen LogP contribution in [0.25, 0.3) is 0 Å². The maximum absolute atomic E-state index is 13.2. The maximum Gasteiger partial charge on any atom is 0.245 e. The van der Waals surface area contributed by atoms with Crippen LogP contribution in [0.5, 0.6) is 0 Å². The number of nitrogens with zero attached hydrogens (tertiary/aromatic N) is 2. The third kappa shape index (κ3) is 4.38. The molecule has 1 unspecified atom stereocenters. The van der Waals surface area contributed by atoms with Gasteiger partial charge in [-0.3, -0.25) is 4.79 Å². The molecule has 1 amide bonds. The summed E-state index contributed by atoms with van der Waals surface area (Å²) in [6, 6.07) is 18.3. The Morgan fingerprint density at radius 2 is 1.64 bits per heavy atom. The van der Waals surface area contributed by atoms with Crippen LogP contribution in [-0.4, -0.2) is 37.0 Å². The molecule has 25 heavy (non-hydrogen) atoms. The molecular weight excluding hydrogens is 352 g/mol. The molecule has 0 aromatic heterocycles. The summed E-state index contributed by atoms with van der Waals surface area (Å²) in [6.07, 6.45) is 0. The second-order valence-corrected chi connectivity index (χ2v) is 7.04. The highest BCUT2D eigenvalue weighted by atomic mass is 35.5. The Bertz CT molecular complexity index is 691. The van der Waals surface area contributed by atoms with Gasteiger partial charge >= 0.3 is 0 Å². The molecule has 0 spiro atoms. The number of anilines is 1. The molecule has 0 saturated heterocycles. The van der Waals surface area contributed by atoms with Gasteiger partial charge in [-0.05, 0) is 30.8 Å². The van der Waals surface area contributed by atoms with Crippen molar-refractivity contribution in [3.8, 4) is 0 Å². The lowest BCUT2D eigenvalue weighted by atomic mass is 10.1. The lowest BCUT2D eigenvalue weighted by Gasteiger charge is -2.35. The molecule has 0 saturated carbocycles. The molecule has 0 N–H and O–H groups in total. The zero-order valence-electron chi connectivity index (χ0n) is 14.7. The zero-order chi connectivity index (χ0) is 16.9. The average Bonchev–Trinajstić information content (AvgIpc) is 2.64. The summed E-state index contributed by atoms with van der Waals surface area (Å²) in [7, 11) is 0. The van der Waals surface area contributed by atoms with Gasteiger partial charge in [-0.2, -0.15) is 0 Å². The molecular formula is C20H25ClN2OS. The number of carbonyl (C=O) groups is 1. The highest BCUT2D eigenvalue weighted by Gasteiger charge is 2.34. The van der Waals surface area contributed by atoms with Crippen molar-refractivity contribution in [2.75, 3.05) is 31.1 Å². The molecule has 2 aromatic rings. The molecule has 1 atom stereocenters. The predicted molar refractivity (Wildman–Crippen MR) is 109 cm³/mol. The standard InChI is InChI=1S/C20H24N2OS.ClH/c1-3-21(4-2)14-15-22-17-12-8-9-13-18(17)24-19(20(22)23)16-10-6-5-7-11-16;/h5-13,19H,3-4,14-15H2,1-2H3;1H. The third-order valence-electron chi connectivity index (χ3n) is 4.53. The fourth-order valence-corrected chi connectivity index (χ4v) is 4.30. The van der Waals surface area contributed by atoms with Gasteiger partial charge in [-0.25, -0.2) is 0 Å². The smallest absolute Gasteiger partial charge is 0.245 e. The van der Waals surface area contributed by atoms with E-state index in [4.69, 9.17) is 0 Å². The number of hydrogen-bond acceptors (Lipinski definition) is 3. The molecule has 1 aliphatic rings. The van der Waals surface area contributed by atoms with E-state index in [2.05, 4.69) is 30.9 Å². The van der Waals surface area contributed by atoms with Crippen LogP contribution in [0.15, 0.2) is 59.5 Å². The Labute approximate surface area is 160 Å². The summed E-state index contributed by atoms with van der Waals surface area (Å²) in [5.41, 5.74) is 2.13. The first-order chi connectivity index (χ1) is 11.7. The summed E-state index contributed by atoms with van der Waals surface area (Å²) in [4.78, 5) is 18.7. The van der Waals surface area contributed by atoms with Gasteiger partial charge in [0.25, 0.3) is 0 Å². The summed E-state index contributed by atoms with van der Waals surface area (Å²) in [5.74, 6) is 0.192. The molecule has 3 nitrogen and oxygen atoms in total. The van der Waals surface area contributed by atoms with Crippen LogP contribution >= 0.6 is 24.2 Å². The summed E-state index contributed by atoms with van der Waals surface area (Å²) in [6.45, 7) is 7.99. The van der Waals surface area contributed by atoms with Gasteiger partial charge in [0.15, 0.2) is 0 Å². The Balaban J connectivity index is 0.00000225. The zero-order valence-corrected chi connectivity index (χ0v) is 16.4. The summed E-state index contributed by atoms with van der Waals surface area (Å²) in [5, 5.41) is -0.155. The summed E-state index contributed by atoms with van der Waals surface area (Å²) >= 11 is 1.66. The predicted octanol–water partition coefficient (Wildman–Crippen LogP) is 4.63.